The average Bonchev–Trinajstić information content (AvgIpc) is 2.88. The van der Waals surface area contributed by atoms with Crippen molar-refractivity contribution in [1.29, 1.82) is 0 Å². The van der Waals surface area contributed by atoms with Crippen molar-refractivity contribution < 1.29 is 9.59 Å². The van der Waals surface area contributed by atoms with E-state index in [1.165, 1.54) is 0 Å². The summed E-state index contributed by atoms with van der Waals surface area (Å²) in [4.78, 5) is 30.4. The van der Waals surface area contributed by atoms with Crippen LogP contribution in [0, 0.1) is 0 Å². The van der Waals surface area contributed by atoms with Gasteiger partial charge in [-0.25, -0.2) is 4.98 Å². The van der Waals surface area contributed by atoms with Crippen molar-refractivity contribution in [3.63, 3.8) is 0 Å². The van der Waals surface area contributed by atoms with Crippen molar-refractivity contribution in [2.45, 2.75) is 18.3 Å². The molecule has 1 aromatic carbocycles. The molecule has 0 bridgehead atoms. The third-order valence-electron chi connectivity index (χ3n) is 5.10. The molecule has 2 aromatic rings. The number of carbonyl (C=O) groups excluding carboxylic acids is 2. The molecule has 0 aliphatic carbocycles. The maximum atomic E-state index is 12.6. The van der Waals surface area contributed by atoms with Crippen LogP contribution < -0.4 is 16.0 Å². The number of nitrogens with zero attached hydrogens (tertiary/aromatic N) is 2. The number of pyridine rings is 1. The molecule has 1 fully saturated rings. The summed E-state index contributed by atoms with van der Waals surface area (Å²) in [5, 5.41) is 3.00. The van der Waals surface area contributed by atoms with Gasteiger partial charge in [0.05, 0.1) is 5.41 Å². The van der Waals surface area contributed by atoms with Gasteiger partial charge in [0.2, 0.25) is 11.8 Å². The molecule has 0 saturated carbocycles. The first-order valence-electron chi connectivity index (χ1n) is 8.02. The number of amides is 2. The zero-order valence-corrected chi connectivity index (χ0v) is 13.2. The van der Waals surface area contributed by atoms with Crippen LogP contribution in [0.15, 0.2) is 42.6 Å². The largest absolute Gasteiger partial charge is 0.366 e. The number of primary amides is 1. The van der Waals surface area contributed by atoms with Gasteiger partial charge < -0.3 is 16.0 Å². The molecule has 1 spiro atoms. The normalized spacial score (nSPS) is 18.3. The van der Waals surface area contributed by atoms with Crippen LogP contribution in [0.25, 0.3) is 0 Å². The van der Waals surface area contributed by atoms with Gasteiger partial charge in [-0.1, -0.05) is 18.2 Å². The lowest BCUT2D eigenvalue weighted by atomic mass is 9.73. The van der Waals surface area contributed by atoms with Crippen LogP contribution in [0.3, 0.4) is 0 Å². The van der Waals surface area contributed by atoms with E-state index < -0.39 is 11.3 Å². The summed E-state index contributed by atoms with van der Waals surface area (Å²) in [5.41, 5.74) is 7.35. The molecular formula is C18H18N4O2. The highest BCUT2D eigenvalue weighted by Crippen LogP contribution is 2.45. The van der Waals surface area contributed by atoms with Crippen LogP contribution >= 0.6 is 0 Å². The Morgan fingerprint density at radius 1 is 1.21 bits per heavy atom. The van der Waals surface area contributed by atoms with E-state index >= 15 is 0 Å². The maximum absolute atomic E-state index is 12.6. The van der Waals surface area contributed by atoms with Gasteiger partial charge in [-0.3, -0.25) is 9.59 Å². The summed E-state index contributed by atoms with van der Waals surface area (Å²) in [6.45, 7) is 1.41. The number of benzene rings is 1. The first-order chi connectivity index (χ1) is 11.6. The minimum Gasteiger partial charge on any atom is -0.366 e. The Labute approximate surface area is 139 Å². The smallest absolute Gasteiger partial charge is 0.248 e. The van der Waals surface area contributed by atoms with Crippen LogP contribution in [0.2, 0.25) is 0 Å². The molecule has 1 saturated heterocycles. The number of nitrogens with one attached hydrogen (secondary N) is 1. The van der Waals surface area contributed by atoms with E-state index in [2.05, 4.69) is 15.2 Å². The third-order valence-corrected chi connectivity index (χ3v) is 5.10. The lowest BCUT2D eigenvalue weighted by Gasteiger charge is -2.38. The van der Waals surface area contributed by atoms with E-state index in [0.717, 1.165) is 29.9 Å². The van der Waals surface area contributed by atoms with Gasteiger partial charge in [0.25, 0.3) is 0 Å². The number of hydrogen-bond acceptors (Lipinski definition) is 4. The van der Waals surface area contributed by atoms with Gasteiger partial charge in [-0.15, -0.1) is 0 Å². The first-order valence-corrected chi connectivity index (χ1v) is 8.02. The van der Waals surface area contributed by atoms with Crippen molar-refractivity contribution in [2.75, 3.05) is 23.3 Å². The minimum atomic E-state index is -0.462. The van der Waals surface area contributed by atoms with Gasteiger partial charge in [-0.05, 0) is 36.6 Å². The van der Waals surface area contributed by atoms with Crippen molar-refractivity contribution >= 4 is 23.3 Å². The van der Waals surface area contributed by atoms with Crippen LogP contribution in [0.1, 0.15) is 28.8 Å². The molecule has 2 amide bonds. The van der Waals surface area contributed by atoms with E-state index in [-0.39, 0.29) is 5.91 Å². The molecule has 24 heavy (non-hydrogen) atoms. The zero-order valence-electron chi connectivity index (χ0n) is 13.2. The number of nitrogens with two attached hydrogens (primary N) is 1. The number of fused-ring (bicyclic) bond motifs is 2. The zero-order chi connectivity index (χ0) is 16.7. The van der Waals surface area contributed by atoms with Crippen molar-refractivity contribution in [1.82, 2.24) is 4.98 Å². The van der Waals surface area contributed by atoms with Crippen molar-refractivity contribution in [3.8, 4) is 0 Å². The predicted molar refractivity (Wildman–Crippen MR) is 91.0 cm³/mol. The van der Waals surface area contributed by atoms with E-state index in [9.17, 15) is 9.59 Å². The maximum Gasteiger partial charge on any atom is 0.248 e. The number of carbonyl (C=O) groups is 2. The van der Waals surface area contributed by atoms with Gasteiger partial charge in [0.15, 0.2) is 0 Å². The SMILES string of the molecule is NC(=O)c1ccnc(N2CCC3(CC2)C(=O)Nc2ccccc23)c1. The standard InChI is InChI=1S/C18H18N4O2/c19-16(23)12-5-8-20-15(11-12)22-9-6-18(7-10-22)13-3-1-2-4-14(13)21-17(18)24/h1-5,8,11H,6-7,9-10H2,(H2,19,23)(H,21,24). The Hall–Kier alpha value is -2.89. The molecule has 1 aromatic heterocycles. The molecule has 122 valence electrons. The molecule has 0 radical (unpaired) electrons. The second-order valence-corrected chi connectivity index (χ2v) is 6.34. The van der Waals surface area contributed by atoms with E-state index in [4.69, 9.17) is 5.73 Å². The Morgan fingerprint density at radius 2 is 1.96 bits per heavy atom. The second-order valence-electron chi connectivity index (χ2n) is 6.34. The van der Waals surface area contributed by atoms with Gasteiger partial charge in [-0.2, -0.15) is 0 Å². The van der Waals surface area contributed by atoms with Gasteiger partial charge >= 0.3 is 0 Å². The highest BCUT2D eigenvalue weighted by molar-refractivity contribution is 6.06. The van der Waals surface area contributed by atoms with Gasteiger partial charge in [0, 0.05) is 30.5 Å². The summed E-state index contributed by atoms with van der Waals surface area (Å²) in [7, 11) is 0. The molecule has 2 aliphatic heterocycles. The Morgan fingerprint density at radius 3 is 2.71 bits per heavy atom. The van der Waals surface area contributed by atoms with Crippen molar-refractivity contribution in [2.24, 2.45) is 5.73 Å². The molecule has 2 aliphatic rings. The number of hydrogen-bond donors (Lipinski definition) is 2. The van der Waals surface area contributed by atoms with Gasteiger partial charge in [0.1, 0.15) is 5.82 Å². The molecule has 6 heteroatoms. The number of para-hydroxylation sites is 1. The van der Waals surface area contributed by atoms with Crippen molar-refractivity contribution in [3.05, 3.63) is 53.7 Å². The molecule has 4 rings (SSSR count). The van der Waals surface area contributed by atoms with Crippen LogP contribution in [0.5, 0.6) is 0 Å². The Bertz CT molecular complexity index is 825. The lowest BCUT2D eigenvalue weighted by molar-refractivity contribution is -0.121. The molecule has 3 N–H and O–H groups in total. The number of rotatable bonds is 2. The number of anilines is 2. The molecule has 6 nitrogen and oxygen atoms in total. The summed E-state index contributed by atoms with van der Waals surface area (Å²) in [6.07, 6.45) is 3.04. The monoisotopic (exact) mass is 322 g/mol. The fourth-order valence-corrected chi connectivity index (χ4v) is 3.73. The summed E-state index contributed by atoms with van der Waals surface area (Å²) >= 11 is 0. The van der Waals surface area contributed by atoms with E-state index in [1.807, 2.05) is 24.3 Å². The van der Waals surface area contributed by atoms with E-state index in [0.29, 0.717) is 18.7 Å². The first kappa shape index (κ1) is 14.7. The predicted octanol–water partition coefficient (Wildman–Crippen LogP) is 1.67. The van der Waals surface area contributed by atoms with Crippen LogP contribution in [-0.2, 0) is 10.2 Å². The third kappa shape index (κ3) is 2.14. The Balaban J connectivity index is 1.58. The summed E-state index contributed by atoms with van der Waals surface area (Å²) in [6, 6.07) is 11.2. The van der Waals surface area contributed by atoms with Crippen LogP contribution in [0.4, 0.5) is 11.5 Å². The molecule has 0 unspecified atom stereocenters. The fourth-order valence-electron chi connectivity index (χ4n) is 3.73. The highest BCUT2D eigenvalue weighted by Gasteiger charge is 2.48. The average molecular weight is 322 g/mol. The fraction of sp³-hybridized carbons (Fsp3) is 0.278. The quantitative estimate of drug-likeness (QED) is 0.880. The second kappa shape index (κ2) is 5.33. The number of piperidine rings is 1. The molecular weight excluding hydrogens is 304 g/mol. The molecule has 3 heterocycles. The minimum absolute atomic E-state index is 0.0854. The van der Waals surface area contributed by atoms with Crippen LogP contribution in [-0.4, -0.2) is 29.9 Å². The number of aromatic nitrogens is 1. The van der Waals surface area contributed by atoms with E-state index in [1.54, 1.807) is 18.3 Å². The summed E-state index contributed by atoms with van der Waals surface area (Å²) < 4.78 is 0. The molecule has 0 atom stereocenters. The Kier molecular flexibility index (Phi) is 3.26. The topological polar surface area (TPSA) is 88.3 Å². The lowest BCUT2D eigenvalue weighted by Crippen LogP contribution is -2.46. The summed E-state index contributed by atoms with van der Waals surface area (Å²) in [5.74, 6) is 0.353. The highest BCUT2D eigenvalue weighted by atomic mass is 16.2.